The highest BCUT2D eigenvalue weighted by atomic mass is 35.5. The van der Waals surface area contributed by atoms with E-state index in [1.165, 1.54) is 6.08 Å². The van der Waals surface area contributed by atoms with Crippen LogP contribution in [0.15, 0.2) is 65.3 Å². The number of hydrogen-bond acceptors (Lipinski definition) is 8. The topological polar surface area (TPSA) is 153 Å². The van der Waals surface area contributed by atoms with Gasteiger partial charge in [0.2, 0.25) is 0 Å². The number of hydrogen-bond donors (Lipinski definition) is 3. The fraction of sp³-hybridized carbons (Fsp3) is 0.0714. The number of pyridine rings is 1. The minimum atomic E-state index is -4.26. The molecule has 136 valence electrons. The molecular weight excluding hydrogens is 370 g/mol. The summed E-state index contributed by atoms with van der Waals surface area (Å²) < 4.78 is 31.0. The Morgan fingerprint density at radius 3 is 2.28 bits per heavy atom. The summed E-state index contributed by atoms with van der Waals surface area (Å²) in [5.74, 6) is 0.649. The van der Waals surface area contributed by atoms with Crippen molar-refractivity contribution in [1.29, 1.82) is 0 Å². The minimum Gasteiger partial charge on any atom is -0.384 e. The lowest BCUT2D eigenvalue weighted by Crippen LogP contribution is -2.02. The Morgan fingerprint density at radius 2 is 1.80 bits per heavy atom. The molecule has 1 aromatic carbocycles. The largest absolute Gasteiger partial charge is 0.397 e. The summed E-state index contributed by atoms with van der Waals surface area (Å²) >= 11 is 0. The second-order valence-electron chi connectivity index (χ2n) is 4.18. The average molecular weight is 388 g/mol. The van der Waals surface area contributed by atoms with Crippen LogP contribution in [0.3, 0.4) is 0 Å². The van der Waals surface area contributed by atoms with Gasteiger partial charge in [-0.2, -0.15) is 13.5 Å². The van der Waals surface area contributed by atoms with Crippen LogP contribution in [0.4, 0.5) is 23.0 Å². The molecule has 0 aliphatic rings. The molecule has 0 saturated carbocycles. The van der Waals surface area contributed by atoms with Crippen molar-refractivity contribution in [1.82, 2.24) is 4.98 Å². The molecule has 1 heterocycles. The van der Waals surface area contributed by atoms with Crippen LogP contribution in [-0.4, -0.2) is 24.6 Å². The molecule has 0 unspecified atom stereocenters. The fourth-order valence-corrected chi connectivity index (χ4v) is 1.58. The van der Waals surface area contributed by atoms with Gasteiger partial charge in [-0.05, 0) is 24.3 Å². The van der Waals surface area contributed by atoms with E-state index in [1.54, 1.807) is 12.1 Å². The molecule has 0 spiro atoms. The van der Waals surface area contributed by atoms with E-state index in [9.17, 15) is 8.42 Å². The van der Waals surface area contributed by atoms with E-state index < -0.39 is 10.4 Å². The third-order valence-electron chi connectivity index (χ3n) is 2.29. The zero-order valence-corrected chi connectivity index (χ0v) is 14.7. The standard InChI is InChI=1S/C11H11N5.C3H6O4S.ClH/c12-10-7-6-9(11(13)14-10)16-15-8-4-2-1-3-5-8;1-2-3-7-8(4,5)6;/h1-7H,(H4,12,13,14);2H,1,3H2,(H,4,5,6);1H/b16-15+;;. The van der Waals surface area contributed by atoms with Crippen molar-refractivity contribution in [3.63, 3.8) is 0 Å². The zero-order chi connectivity index (χ0) is 18.0. The fourth-order valence-electron chi connectivity index (χ4n) is 1.31. The number of aromatic nitrogens is 1. The zero-order valence-electron chi connectivity index (χ0n) is 13.0. The summed E-state index contributed by atoms with van der Waals surface area (Å²) in [4.78, 5) is 3.89. The highest BCUT2D eigenvalue weighted by molar-refractivity contribution is 7.80. The third-order valence-corrected chi connectivity index (χ3v) is 2.72. The first-order valence-electron chi connectivity index (χ1n) is 6.53. The molecule has 0 saturated heterocycles. The van der Waals surface area contributed by atoms with Crippen LogP contribution >= 0.6 is 12.4 Å². The highest BCUT2D eigenvalue weighted by Crippen LogP contribution is 2.23. The molecule has 0 aliphatic carbocycles. The number of azo groups is 1. The van der Waals surface area contributed by atoms with Gasteiger partial charge in [-0.1, -0.05) is 24.3 Å². The second kappa shape index (κ2) is 11.1. The van der Waals surface area contributed by atoms with E-state index in [1.807, 2.05) is 30.3 Å². The molecular formula is C14H18ClN5O4S. The first kappa shape index (κ1) is 22.5. The van der Waals surface area contributed by atoms with E-state index >= 15 is 0 Å². The van der Waals surface area contributed by atoms with Crippen LogP contribution in [0.2, 0.25) is 0 Å². The molecule has 1 aromatic heterocycles. The summed E-state index contributed by atoms with van der Waals surface area (Å²) in [5, 5.41) is 8.03. The Morgan fingerprint density at radius 1 is 1.16 bits per heavy atom. The van der Waals surface area contributed by atoms with Crippen molar-refractivity contribution in [3.8, 4) is 0 Å². The first-order chi connectivity index (χ1) is 11.3. The average Bonchev–Trinajstić information content (AvgIpc) is 2.53. The van der Waals surface area contributed by atoms with Crippen LogP contribution in [0.1, 0.15) is 0 Å². The predicted octanol–water partition coefficient (Wildman–Crippen LogP) is 3.08. The van der Waals surface area contributed by atoms with Gasteiger partial charge in [-0.15, -0.1) is 24.1 Å². The number of benzene rings is 1. The van der Waals surface area contributed by atoms with Gasteiger partial charge in [0.25, 0.3) is 0 Å². The second-order valence-corrected chi connectivity index (χ2v) is 5.27. The molecule has 9 nitrogen and oxygen atoms in total. The van der Waals surface area contributed by atoms with E-state index in [-0.39, 0.29) is 24.8 Å². The molecule has 5 N–H and O–H groups in total. The SMILES string of the molecule is C=CCOS(=O)(=O)O.Cl.Nc1ccc(/N=N/c2ccccc2)c(N)n1. The number of rotatable bonds is 5. The Balaban J connectivity index is 0.000000552. The highest BCUT2D eigenvalue weighted by Gasteiger charge is 1.99. The molecule has 2 aromatic rings. The number of nitrogens with two attached hydrogens (primary N) is 2. The van der Waals surface area contributed by atoms with Gasteiger partial charge in [0.1, 0.15) is 11.5 Å². The minimum absolute atomic E-state index is 0. The first-order valence-corrected chi connectivity index (χ1v) is 7.90. The molecule has 0 atom stereocenters. The van der Waals surface area contributed by atoms with E-state index in [2.05, 4.69) is 26.0 Å². The van der Waals surface area contributed by atoms with E-state index in [0.29, 0.717) is 11.5 Å². The van der Waals surface area contributed by atoms with Crippen molar-refractivity contribution in [2.24, 2.45) is 10.2 Å². The van der Waals surface area contributed by atoms with Crippen molar-refractivity contribution in [3.05, 3.63) is 55.1 Å². The molecule has 0 fully saturated rings. The third kappa shape index (κ3) is 10.0. The smallest absolute Gasteiger partial charge is 0.384 e. The van der Waals surface area contributed by atoms with E-state index in [0.717, 1.165) is 5.69 Å². The van der Waals surface area contributed by atoms with Crippen LogP contribution in [0.5, 0.6) is 0 Å². The van der Waals surface area contributed by atoms with Gasteiger partial charge in [0.15, 0.2) is 5.82 Å². The van der Waals surface area contributed by atoms with Crippen LogP contribution in [0, 0.1) is 0 Å². The van der Waals surface area contributed by atoms with Gasteiger partial charge >= 0.3 is 10.4 Å². The van der Waals surface area contributed by atoms with Crippen molar-refractivity contribution in [2.45, 2.75) is 0 Å². The Kier molecular flexibility index (Phi) is 9.98. The Hall–Kier alpha value is -2.53. The number of halogens is 1. The van der Waals surface area contributed by atoms with Gasteiger partial charge in [0, 0.05) is 0 Å². The molecule has 0 radical (unpaired) electrons. The number of nitrogens with zero attached hydrogens (tertiary/aromatic N) is 3. The maximum absolute atomic E-state index is 9.68. The van der Waals surface area contributed by atoms with Crippen molar-refractivity contribution < 1.29 is 17.2 Å². The predicted molar refractivity (Wildman–Crippen MR) is 98.6 cm³/mol. The quantitative estimate of drug-likeness (QED) is 0.404. The monoisotopic (exact) mass is 387 g/mol. The normalized spacial score (nSPS) is 10.4. The summed E-state index contributed by atoms with van der Waals surface area (Å²) in [6.07, 6.45) is 1.22. The summed E-state index contributed by atoms with van der Waals surface area (Å²) in [7, 11) is -4.26. The van der Waals surface area contributed by atoms with Crippen LogP contribution < -0.4 is 11.5 Å². The summed E-state index contributed by atoms with van der Waals surface area (Å²) in [6.45, 7) is 2.97. The van der Waals surface area contributed by atoms with Gasteiger partial charge in [-0.25, -0.2) is 9.17 Å². The Bertz CT molecular complexity index is 800. The summed E-state index contributed by atoms with van der Waals surface area (Å²) in [6, 6.07) is 12.7. The maximum Gasteiger partial charge on any atom is 0.397 e. The lowest BCUT2D eigenvalue weighted by Gasteiger charge is -1.98. The number of nitrogen functional groups attached to an aromatic ring is 2. The van der Waals surface area contributed by atoms with Gasteiger partial charge < -0.3 is 11.5 Å². The van der Waals surface area contributed by atoms with Gasteiger partial charge in [-0.3, -0.25) is 4.55 Å². The molecule has 25 heavy (non-hydrogen) atoms. The number of anilines is 2. The van der Waals surface area contributed by atoms with Crippen LogP contribution in [0.25, 0.3) is 0 Å². The van der Waals surface area contributed by atoms with Crippen LogP contribution in [-0.2, 0) is 14.6 Å². The maximum atomic E-state index is 9.68. The lowest BCUT2D eigenvalue weighted by atomic mass is 10.3. The molecule has 0 aliphatic heterocycles. The lowest BCUT2D eigenvalue weighted by molar-refractivity contribution is 0.296. The Labute approximate surface area is 151 Å². The molecule has 0 amide bonds. The molecule has 2 rings (SSSR count). The van der Waals surface area contributed by atoms with Crippen molar-refractivity contribution in [2.75, 3.05) is 18.1 Å². The van der Waals surface area contributed by atoms with E-state index in [4.69, 9.17) is 16.0 Å². The molecule has 11 heteroatoms. The van der Waals surface area contributed by atoms with Crippen molar-refractivity contribution >= 4 is 45.8 Å². The van der Waals surface area contributed by atoms with Gasteiger partial charge in [0.05, 0.1) is 12.3 Å². The molecule has 0 bridgehead atoms. The summed E-state index contributed by atoms with van der Waals surface area (Å²) in [5.41, 5.74) is 12.4.